The number of ether oxygens (including phenoxy) is 3. The molecule has 2 aromatic carbocycles. The normalized spacial score (nSPS) is 17.9. The maximum absolute atomic E-state index is 12.1. The minimum Gasteiger partial charge on any atom is -0.508 e. The van der Waals surface area contributed by atoms with E-state index in [0.29, 0.717) is 11.1 Å². The second-order valence-corrected chi connectivity index (χ2v) is 5.38. The highest BCUT2D eigenvalue weighted by atomic mass is 16.5. The summed E-state index contributed by atoms with van der Waals surface area (Å²) in [5, 5.41) is 19.7. The Labute approximate surface area is 176 Å². The summed E-state index contributed by atoms with van der Waals surface area (Å²) in [5.74, 6) is -2.48. The van der Waals surface area contributed by atoms with Gasteiger partial charge in [0.2, 0.25) is 0 Å². The van der Waals surface area contributed by atoms with Crippen LogP contribution in [0.15, 0.2) is 60.4 Å². The van der Waals surface area contributed by atoms with Crippen LogP contribution in [0.5, 0.6) is 23.0 Å². The van der Waals surface area contributed by atoms with Crippen LogP contribution in [0.4, 0.5) is 0 Å². The van der Waals surface area contributed by atoms with Crippen LogP contribution in [-0.2, 0) is 4.79 Å². The second-order valence-electron chi connectivity index (χ2n) is 5.38. The summed E-state index contributed by atoms with van der Waals surface area (Å²) in [6.45, 7) is 0. The molecule has 6 heteroatoms. The van der Waals surface area contributed by atoms with Gasteiger partial charge in [0.15, 0.2) is 28.8 Å². The van der Waals surface area contributed by atoms with Crippen molar-refractivity contribution in [3.05, 3.63) is 71.5 Å². The Morgan fingerprint density at radius 3 is 2.25 bits per heavy atom. The number of rotatable bonds is 8. The lowest BCUT2D eigenvalue weighted by molar-refractivity contribution is -0.110. The lowest BCUT2D eigenvalue weighted by Gasteiger charge is -2.07. The molecule has 0 unspecified atom stereocenters. The van der Waals surface area contributed by atoms with Crippen molar-refractivity contribution in [2.24, 2.45) is 0 Å². The van der Waals surface area contributed by atoms with Gasteiger partial charge in [0.05, 0.1) is 33.5 Å². The molecule has 0 heterocycles. The largest absolute Gasteiger partial charge is 0.508 e. The summed E-state index contributed by atoms with van der Waals surface area (Å²) in [6, 6.07) is 7.57. The molecule has 0 bridgehead atoms. The first-order valence-electron chi connectivity index (χ1n) is 12.3. The lowest BCUT2D eigenvalue weighted by atomic mass is 10.1. The highest BCUT2D eigenvalue weighted by Crippen LogP contribution is 2.28. The van der Waals surface area contributed by atoms with Gasteiger partial charge in [-0.25, -0.2) is 0 Å². The van der Waals surface area contributed by atoms with Crippen LogP contribution in [0.3, 0.4) is 0 Å². The van der Waals surface area contributed by atoms with Crippen molar-refractivity contribution in [2.45, 2.75) is 0 Å². The average molecular weight is 391 g/mol. The number of hydrogen-bond acceptors (Lipinski definition) is 6. The van der Waals surface area contributed by atoms with Crippen molar-refractivity contribution in [1.29, 1.82) is 0 Å². The molecule has 0 aromatic heterocycles. The molecule has 0 aliphatic rings. The molecule has 0 aliphatic carbocycles. The third-order valence-corrected chi connectivity index (χ3v) is 3.46. The number of ketones is 1. The number of carbonyl (C=O) groups excluding carboxylic acids is 1. The first kappa shape index (κ1) is 11.2. The Bertz CT molecular complexity index is 1210. The minimum atomic E-state index is -2.88. The number of methoxy groups -OCH3 is 3. The summed E-state index contributed by atoms with van der Waals surface area (Å²) in [4.78, 5) is 12.1. The minimum absolute atomic E-state index is 0.297. The highest BCUT2D eigenvalue weighted by Gasteiger charge is 2.03. The zero-order valence-electron chi connectivity index (χ0n) is 23.4. The number of phenols is 1. The quantitative estimate of drug-likeness (QED) is 0.399. The Hall–Kier alpha value is -3.67. The van der Waals surface area contributed by atoms with E-state index in [0.717, 1.165) is 18.2 Å². The summed E-state index contributed by atoms with van der Waals surface area (Å²) < 4.78 is 78.8. The molecule has 0 saturated carbocycles. The molecule has 28 heavy (non-hydrogen) atoms. The summed E-state index contributed by atoms with van der Waals surface area (Å²) >= 11 is 0. The molecule has 0 fully saturated rings. The maximum Gasteiger partial charge on any atom is 0.182 e. The standard InChI is InChI=1S/C22H22O6/c1-26-20-11-7-16(13-22(20)28-3)5-9-18(24)14-17(23)8-4-15-6-10-19(25)21(12-15)27-2/h4-14,24-25H,1-3H3/i1D3,2D3,3D3. The van der Waals surface area contributed by atoms with Crippen LogP contribution >= 0.6 is 0 Å². The number of aromatic hydroxyl groups is 1. The van der Waals surface area contributed by atoms with Gasteiger partial charge in [-0.05, 0) is 47.5 Å². The highest BCUT2D eigenvalue weighted by molar-refractivity contribution is 6.02. The van der Waals surface area contributed by atoms with Crippen molar-refractivity contribution in [2.75, 3.05) is 21.1 Å². The van der Waals surface area contributed by atoms with Gasteiger partial charge >= 0.3 is 0 Å². The average Bonchev–Trinajstić information content (AvgIpc) is 2.71. The number of hydrogen-bond donors (Lipinski definition) is 2. The van der Waals surface area contributed by atoms with E-state index in [1.54, 1.807) is 0 Å². The molecule has 146 valence electrons. The van der Waals surface area contributed by atoms with Crippen LogP contribution in [-0.4, -0.2) is 37.1 Å². The van der Waals surface area contributed by atoms with E-state index in [2.05, 4.69) is 4.74 Å². The topological polar surface area (TPSA) is 85.2 Å². The van der Waals surface area contributed by atoms with Gasteiger partial charge in [0.25, 0.3) is 0 Å². The molecule has 0 radical (unpaired) electrons. The zero-order chi connectivity index (χ0) is 28.0. The molecular formula is C22H22O6. The SMILES string of the molecule is [2H]C([2H])([2H])Oc1cc(C=CC(=O)C=C(O)C=Cc2ccc(OC([2H])([2H])[2H])c(OC([2H])([2H])[2H])c2)ccc1O. The van der Waals surface area contributed by atoms with Gasteiger partial charge in [-0.1, -0.05) is 24.3 Å². The van der Waals surface area contributed by atoms with Crippen LogP contribution in [0.25, 0.3) is 12.2 Å². The fraction of sp³-hybridized carbons (Fsp3) is 0.136. The van der Waals surface area contributed by atoms with Gasteiger partial charge in [0.1, 0.15) is 5.76 Å². The van der Waals surface area contributed by atoms with E-state index in [4.69, 9.17) is 21.8 Å². The summed E-state index contributed by atoms with van der Waals surface area (Å²) in [5.41, 5.74) is 0.640. The first-order chi connectivity index (χ1) is 16.9. The van der Waals surface area contributed by atoms with Crippen LogP contribution in [0.1, 0.15) is 23.5 Å². The second kappa shape index (κ2) is 9.87. The monoisotopic (exact) mass is 391 g/mol. The molecule has 0 aliphatic heterocycles. The van der Waals surface area contributed by atoms with E-state index >= 15 is 0 Å². The van der Waals surface area contributed by atoms with Crippen LogP contribution < -0.4 is 14.2 Å². The van der Waals surface area contributed by atoms with Crippen molar-refractivity contribution >= 4 is 17.9 Å². The molecular weight excluding hydrogens is 360 g/mol. The number of benzene rings is 2. The zero-order valence-corrected chi connectivity index (χ0v) is 14.4. The van der Waals surface area contributed by atoms with Crippen molar-refractivity contribution < 1.29 is 41.6 Å². The predicted molar refractivity (Wildman–Crippen MR) is 108 cm³/mol. The summed E-state index contributed by atoms with van der Waals surface area (Å²) in [7, 11) is -8.50. The maximum atomic E-state index is 12.1. The van der Waals surface area contributed by atoms with Crippen molar-refractivity contribution in [3.8, 4) is 23.0 Å². The molecule has 2 rings (SSSR count). The number of allylic oxidation sites excluding steroid dienone is 3. The fourth-order valence-corrected chi connectivity index (χ4v) is 2.11. The molecule has 0 amide bonds. The Morgan fingerprint density at radius 2 is 1.50 bits per heavy atom. The first-order valence-corrected chi connectivity index (χ1v) is 7.75. The predicted octanol–water partition coefficient (Wildman–Crippen LogP) is 4.16. The molecule has 2 N–H and O–H groups in total. The third-order valence-electron chi connectivity index (χ3n) is 3.46. The number of carbonyl (C=O) groups is 1. The van der Waals surface area contributed by atoms with Gasteiger partial charge in [-0.15, -0.1) is 0 Å². The lowest BCUT2D eigenvalue weighted by Crippen LogP contribution is -1.91. The van der Waals surface area contributed by atoms with Gasteiger partial charge in [-0.3, -0.25) is 4.79 Å². The van der Waals surface area contributed by atoms with Gasteiger partial charge in [0, 0.05) is 6.08 Å². The van der Waals surface area contributed by atoms with E-state index in [9.17, 15) is 15.0 Å². The number of phenolic OH excluding ortho intramolecular Hbond substituents is 1. The van der Waals surface area contributed by atoms with E-state index < -0.39 is 38.4 Å². The number of aliphatic hydroxyl groups is 1. The van der Waals surface area contributed by atoms with Crippen LogP contribution in [0, 0.1) is 0 Å². The Morgan fingerprint density at radius 1 is 0.893 bits per heavy atom. The molecule has 0 saturated heterocycles. The smallest absolute Gasteiger partial charge is 0.182 e. The Kier molecular flexibility index (Phi) is 3.96. The van der Waals surface area contributed by atoms with E-state index in [1.807, 2.05) is 0 Å². The van der Waals surface area contributed by atoms with Gasteiger partial charge < -0.3 is 24.4 Å². The van der Waals surface area contributed by atoms with E-state index in [-0.39, 0.29) is 17.2 Å². The molecule has 2 aromatic rings. The summed E-state index contributed by atoms with van der Waals surface area (Å²) in [6.07, 6.45) is 5.71. The van der Waals surface area contributed by atoms with Crippen molar-refractivity contribution in [1.82, 2.24) is 0 Å². The Balaban J connectivity index is 2.16. The van der Waals surface area contributed by atoms with E-state index in [1.165, 1.54) is 48.6 Å². The van der Waals surface area contributed by atoms with Crippen LogP contribution in [0.2, 0.25) is 0 Å². The third kappa shape index (κ3) is 5.67. The molecule has 0 atom stereocenters. The van der Waals surface area contributed by atoms with Crippen molar-refractivity contribution in [3.63, 3.8) is 0 Å². The molecule has 0 spiro atoms. The number of aliphatic hydroxyl groups excluding tert-OH is 1. The molecule has 6 nitrogen and oxygen atoms in total. The fourth-order valence-electron chi connectivity index (χ4n) is 2.11. The van der Waals surface area contributed by atoms with Gasteiger partial charge in [-0.2, -0.15) is 0 Å².